The van der Waals surface area contributed by atoms with Crippen LogP contribution in [0.5, 0.6) is 0 Å². The molecule has 2 saturated carbocycles. The molecule has 0 N–H and O–H groups in total. The molecule has 4 aliphatic rings. The Morgan fingerprint density at radius 2 is 0.443 bits per heavy atom. The Morgan fingerprint density at radius 1 is 0.170 bits per heavy atom. The lowest BCUT2D eigenvalue weighted by atomic mass is 9.66. The highest BCUT2D eigenvalue weighted by Gasteiger charge is 2.47. The third-order valence-corrected chi connectivity index (χ3v) is 22.9. The van der Waals surface area contributed by atoms with Crippen LogP contribution in [0.4, 0.5) is 0 Å². The molecule has 4 aliphatic carbocycles. The molecule has 2 aromatic heterocycles. The summed E-state index contributed by atoms with van der Waals surface area (Å²) in [5.41, 5.74) is 30.3. The molecule has 6 heteroatoms. The summed E-state index contributed by atoms with van der Waals surface area (Å²) in [4.78, 5) is 29.6. The van der Waals surface area contributed by atoms with Crippen molar-refractivity contribution in [2.24, 2.45) is 0 Å². The molecule has 0 aliphatic heterocycles. The summed E-state index contributed by atoms with van der Waals surface area (Å²) in [6.07, 6.45) is 12.7. The fourth-order valence-corrected chi connectivity index (χ4v) is 18.0. The maximum Gasteiger partial charge on any atom is 0.164 e. The molecular weight excluding hydrogens is 1290 g/mol. The van der Waals surface area contributed by atoms with Gasteiger partial charge >= 0.3 is 0 Å². The number of fused-ring (bicyclic) bond motifs is 11. The number of benzene rings is 14. The SMILES string of the molecule is c1ccc(-c2nc(-c3ccccc3)nc(-c3ccc(-c4ccc(-c5cccc6c5C5(CCCCC5)c5ccccc5-6)c5ccccc45)cc3)n2)cc1.c1ccc(-c2nc(-c3ccccc3)nc(-c3cccc(-c4cccc(-c5ccc(-c6cccc7c6C6(CCCCC6)c6ccccc6-7)cc5)c4)c3)n2)cc1. The summed E-state index contributed by atoms with van der Waals surface area (Å²) in [6.45, 7) is 0. The average molecular weight is 1360 g/mol. The first-order chi connectivity index (χ1) is 52.5. The van der Waals surface area contributed by atoms with Gasteiger partial charge in [0.1, 0.15) is 0 Å². The van der Waals surface area contributed by atoms with Crippen molar-refractivity contribution in [3.8, 4) is 146 Å². The van der Waals surface area contributed by atoms with Gasteiger partial charge in [-0.3, -0.25) is 0 Å². The molecule has 0 bridgehead atoms. The van der Waals surface area contributed by atoms with E-state index in [0.29, 0.717) is 34.9 Å². The molecule has 0 saturated heterocycles. The maximum atomic E-state index is 4.97. The minimum atomic E-state index is 0.0894. The van der Waals surface area contributed by atoms with Gasteiger partial charge in [0, 0.05) is 44.2 Å². The van der Waals surface area contributed by atoms with E-state index in [2.05, 4.69) is 218 Å². The minimum absolute atomic E-state index is 0.0894. The first-order valence-electron chi connectivity index (χ1n) is 37.7. The zero-order chi connectivity index (χ0) is 70.4. The van der Waals surface area contributed by atoms with E-state index in [9.17, 15) is 0 Å². The molecule has 14 aromatic carbocycles. The van der Waals surface area contributed by atoms with E-state index >= 15 is 0 Å². The van der Waals surface area contributed by atoms with Crippen LogP contribution in [-0.2, 0) is 10.8 Å². The molecule has 16 aromatic rings. The molecule has 0 amide bonds. The van der Waals surface area contributed by atoms with Gasteiger partial charge in [0.25, 0.3) is 0 Å². The van der Waals surface area contributed by atoms with E-state index < -0.39 is 0 Å². The second kappa shape index (κ2) is 27.5. The van der Waals surface area contributed by atoms with Crippen LogP contribution < -0.4 is 0 Å². The van der Waals surface area contributed by atoms with Gasteiger partial charge in [0.05, 0.1) is 0 Å². The molecule has 20 rings (SSSR count). The Balaban J connectivity index is 0.000000145. The largest absolute Gasteiger partial charge is 0.208 e. The van der Waals surface area contributed by atoms with E-state index in [1.165, 1.54) is 153 Å². The minimum Gasteiger partial charge on any atom is -0.208 e. The number of rotatable bonds is 11. The fraction of sp³-hybridized carbons (Fsp3) is 0.120. The van der Waals surface area contributed by atoms with Crippen LogP contribution in [0.3, 0.4) is 0 Å². The maximum absolute atomic E-state index is 4.97. The van der Waals surface area contributed by atoms with Crippen molar-refractivity contribution in [3.63, 3.8) is 0 Å². The van der Waals surface area contributed by atoms with E-state index in [-0.39, 0.29) is 10.8 Å². The quantitative estimate of drug-likeness (QED) is 0.128. The van der Waals surface area contributed by atoms with Crippen molar-refractivity contribution in [1.29, 1.82) is 0 Å². The lowest BCUT2D eigenvalue weighted by molar-refractivity contribution is 0.353. The molecule has 2 spiro atoms. The Morgan fingerprint density at radius 3 is 0.896 bits per heavy atom. The summed E-state index contributed by atoms with van der Waals surface area (Å²) in [7, 11) is 0. The second-order valence-electron chi connectivity index (χ2n) is 28.9. The van der Waals surface area contributed by atoms with Crippen LogP contribution in [0.2, 0.25) is 0 Å². The summed E-state index contributed by atoms with van der Waals surface area (Å²) in [6, 6.07) is 122. The summed E-state index contributed by atoms with van der Waals surface area (Å²) in [5, 5.41) is 2.55. The summed E-state index contributed by atoms with van der Waals surface area (Å²) in [5.74, 6) is 3.97. The Labute approximate surface area is 620 Å². The third-order valence-electron chi connectivity index (χ3n) is 22.9. The Kier molecular flexibility index (Phi) is 16.7. The van der Waals surface area contributed by atoms with E-state index in [1.54, 1.807) is 11.1 Å². The normalized spacial score (nSPS) is 14.2. The zero-order valence-corrected chi connectivity index (χ0v) is 59.1. The molecule has 106 heavy (non-hydrogen) atoms. The van der Waals surface area contributed by atoms with Gasteiger partial charge in [-0.05, 0) is 149 Å². The number of nitrogens with zero attached hydrogens (tertiary/aromatic N) is 6. The zero-order valence-electron chi connectivity index (χ0n) is 59.1. The second-order valence-corrected chi connectivity index (χ2v) is 28.9. The van der Waals surface area contributed by atoms with Crippen molar-refractivity contribution in [2.75, 3.05) is 0 Å². The molecule has 0 radical (unpaired) electrons. The van der Waals surface area contributed by atoms with E-state index in [4.69, 9.17) is 29.9 Å². The number of aromatic nitrogens is 6. The lowest BCUT2D eigenvalue weighted by Gasteiger charge is -2.37. The van der Waals surface area contributed by atoms with Gasteiger partial charge in [-0.25, -0.2) is 29.9 Å². The van der Waals surface area contributed by atoms with Gasteiger partial charge in [-0.2, -0.15) is 0 Å². The molecule has 2 fully saturated rings. The van der Waals surface area contributed by atoms with Crippen molar-refractivity contribution in [3.05, 3.63) is 362 Å². The monoisotopic (exact) mass is 1360 g/mol. The highest BCUT2D eigenvalue weighted by Crippen LogP contribution is 2.60. The van der Waals surface area contributed by atoms with Crippen LogP contribution in [0.1, 0.15) is 86.5 Å². The molecule has 506 valence electrons. The van der Waals surface area contributed by atoms with Crippen molar-refractivity contribution < 1.29 is 0 Å². The molecule has 6 nitrogen and oxygen atoms in total. The van der Waals surface area contributed by atoms with Crippen LogP contribution in [0, 0.1) is 0 Å². The molecular formula is C100H76N6. The van der Waals surface area contributed by atoms with Crippen molar-refractivity contribution in [2.45, 2.75) is 75.0 Å². The smallest absolute Gasteiger partial charge is 0.164 e. The first kappa shape index (κ1) is 64.2. The molecule has 0 atom stereocenters. The van der Waals surface area contributed by atoms with Crippen molar-refractivity contribution >= 4 is 10.8 Å². The van der Waals surface area contributed by atoms with Gasteiger partial charge < -0.3 is 0 Å². The van der Waals surface area contributed by atoms with Gasteiger partial charge in [0.2, 0.25) is 0 Å². The molecule has 0 unspecified atom stereocenters. The highest BCUT2D eigenvalue weighted by molar-refractivity contribution is 6.07. The van der Waals surface area contributed by atoms with Crippen LogP contribution in [0.25, 0.3) is 157 Å². The summed E-state index contributed by atoms with van der Waals surface area (Å²) >= 11 is 0. The van der Waals surface area contributed by atoms with Crippen LogP contribution in [-0.4, -0.2) is 29.9 Å². The summed E-state index contributed by atoms with van der Waals surface area (Å²) < 4.78 is 0. The average Bonchev–Trinajstić information content (AvgIpc) is 1.55. The van der Waals surface area contributed by atoms with E-state index in [0.717, 1.165) is 44.5 Å². The van der Waals surface area contributed by atoms with Gasteiger partial charge in [-0.1, -0.05) is 366 Å². The van der Waals surface area contributed by atoms with Gasteiger partial charge in [-0.15, -0.1) is 0 Å². The Hall–Kier alpha value is -12.6. The molecule has 2 heterocycles. The van der Waals surface area contributed by atoms with Gasteiger partial charge in [0.15, 0.2) is 34.9 Å². The fourth-order valence-electron chi connectivity index (χ4n) is 18.0. The number of hydrogen-bond donors (Lipinski definition) is 0. The van der Waals surface area contributed by atoms with Crippen LogP contribution in [0.15, 0.2) is 340 Å². The topological polar surface area (TPSA) is 77.3 Å². The number of hydrogen-bond acceptors (Lipinski definition) is 6. The highest BCUT2D eigenvalue weighted by atomic mass is 15.0. The van der Waals surface area contributed by atoms with Crippen molar-refractivity contribution in [1.82, 2.24) is 29.9 Å². The predicted octanol–water partition coefficient (Wildman–Crippen LogP) is 25.7. The van der Waals surface area contributed by atoms with E-state index in [1.807, 2.05) is 121 Å². The standard InChI is InChI=1S/C51H39N3.C49H37N3/c1-4-15-37(16-5-1)48-52-49(38-17-6-2-7-18-38)54-50(53-48)42-22-13-21-41(34-42)40-20-12-19-39(33-40)35-27-29-36(30-28-35)43-24-14-25-45-44-23-8-9-26-46(44)51(47(43)45)31-10-3-11-32-51;1-4-15-34(16-5-1)46-50-47(35-17-6-2-7-18-35)52-48(51-46)36-27-25-33(26-28-36)37-29-30-40(39-20-9-8-19-38(37)39)42-22-14-23-43-41-21-10-11-24-44(41)49(45(42)43)31-12-3-13-32-49/h1-2,4-9,12-30,33-34H,3,10-11,31-32H2;1-2,4-11,14-30H,3,12-13,31-32H2. The van der Waals surface area contributed by atoms with Crippen LogP contribution >= 0.6 is 0 Å². The lowest BCUT2D eigenvalue weighted by Crippen LogP contribution is -2.28. The Bertz CT molecular complexity index is 5830. The third kappa shape index (κ3) is 11.6. The predicted molar refractivity (Wildman–Crippen MR) is 436 cm³/mol. The first-order valence-corrected chi connectivity index (χ1v) is 37.7.